The molecule has 2 bridgehead atoms. The fourth-order valence-corrected chi connectivity index (χ4v) is 2.87. The lowest BCUT2D eigenvalue weighted by atomic mass is 10.1. The first-order chi connectivity index (χ1) is 6.85. The molecule has 0 aromatic rings. The molecule has 0 saturated carbocycles. The van der Waals surface area contributed by atoms with Gasteiger partial charge < -0.3 is 4.90 Å². The molecule has 2 aliphatic heterocycles. The third-order valence-electron chi connectivity index (χ3n) is 3.72. The molecule has 2 rings (SSSR count). The van der Waals surface area contributed by atoms with E-state index in [4.69, 9.17) is 5.26 Å². The molecular formula is C11H19N3. The highest BCUT2D eigenvalue weighted by atomic mass is 15.3. The van der Waals surface area contributed by atoms with Crippen molar-refractivity contribution >= 4 is 0 Å². The molecule has 0 radical (unpaired) electrons. The van der Waals surface area contributed by atoms with Gasteiger partial charge in [-0.05, 0) is 32.4 Å². The average Bonchev–Trinajstić information content (AvgIpc) is 2.43. The van der Waals surface area contributed by atoms with Gasteiger partial charge in [-0.2, -0.15) is 5.26 Å². The van der Waals surface area contributed by atoms with E-state index in [-0.39, 0.29) is 0 Å². The van der Waals surface area contributed by atoms with Crippen LogP contribution in [-0.2, 0) is 0 Å². The van der Waals surface area contributed by atoms with E-state index in [1.54, 1.807) is 0 Å². The third-order valence-corrected chi connectivity index (χ3v) is 3.72. The van der Waals surface area contributed by atoms with Gasteiger partial charge >= 0.3 is 0 Å². The highest BCUT2D eigenvalue weighted by Gasteiger charge is 2.36. The molecule has 0 aliphatic carbocycles. The van der Waals surface area contributed by atoms with Gasteiger partial charge in [-0.25, -0.2) is 0 Å². The summed E-state index contributed by atoms with van der Waals surface area (Å²) in [5.41, 5.74) is 0. The second-order valence-corrected chi connectivity index (χ2v) is 4.40. The van der Waals surface area contributed by atoms with E-state index >= 15 is 0 Å². The maximum absolute atomic E-state index is 8.79. The van der Waals surface area contributed by atoms with Crippen LogP contribution < -0.4 is 0 Å². The van der Waals surface area contributed by atoms with Crippen LogP contribution in [-0.4, -0.2) is 48.1 Å². The second kappa shape index (κ2) is 4.29. The summed E-state index contributed by atoms with van der Waals surface area (Å²) in [7, 11) is 0. The number of rotatable bonds is 2. The van der Waals surface area contributed by atoms with Crippen LogP contribution in [0.3, 0.4) is 0 Å². The maximum atomic E-state index is 8.79. The van der Waals surface area contributed by atoms with Crippen molar-refractivity contribution in [3.05, 3.63) is 0 Å². The zero-order valence-electron chi connectivity index (χ0n) is 8.95. The van der Waals surface area contributed by atoms with E-state index in [0.29, 0.717) is 18.6 Å². The van der Waals surface area contributed by atoms with Gasteiger partial charge in [0.05, 0.1) is 12.6 Å². The first-order valence-electron chi connectivity index (χ1n) is 5.70. The van der Waals surface area contributed by atoms with Crippen LogP contribution in [0.2, 0.25) is 0 Å². The van der Waals surface area contributed by atoms with Crippen molar-refractivity contribution < 1.29 is 0 Å². The van der Waals surface area contributed by atoms with Gasteiger partial charge in [0.2, 0.25) is 0 Å². The van der Waals surface area contributed by atoms with Crippen molar-refractivity contribution in [3.63, 3.8) is 0 Å². The standard InChI is InChI=1S/C11H19N3/c1-2-13-7-5-10-3-4-11(9-13)14(10)8-6-12/h10-11H,2-5,7-9H2,1H3. The van der Waals surface area contributed by atoms with Crippen LogP contribution in [0.1, 0.15) is 26.2 Å². The Bertz CT molecular complexity index is 233. The molecule has 0 N–H and O–H groups in total. The molecule has 0 spiro atoms. The summed E-state index contributed by atoms with van der Waals surface area (Å²) in [4.78, 5) is 4.95. The lowest BCUT2D eigenvalue weighted by Crippen LogP contribution is -2.39. The Labute approximate surface area is 86.3 Å². The second-order valence-electron chi connectivity index (χ2n) is 4.40. The normalized spacial score (nSPS) is 34.0. The van der Waals surface area contributed by atoms with Crippen LogP contribution in [0, 0.1) is 11.3 Å². The van der Waals surface area contributed by atoms with E-state index in [0.717, 1.165) is 6.54 Å². The zero-order chi connectivity index (χ0) is 9.97. The van der Waals surface area contributed by atoms with E-state index in [2.05, 4.69) is 22.8 Å². The molecule has 3 nitrogen and oxygen atoms in total. The van der Waals surface area contributed by atoms with Crippen LogP contribution in [0.15, 0.2) is 0 Å². The van der Waals surface area contributed by atoms with Gasteiger partial charge in [0.1, 0.15) is 0 Å². The van der Waals surface area contributed by atoms with Crippen molar-refractivity contribution in [1.82, 2.24) is 9.80 Å². The highest BCUT2D eigenvalue weighted by Crippen LogP contribution is 2.29. The third kappa shape index (κ3) is 1.77. The van der Waals surface area contributed by atoms with Crippen LogP contribution in [0.25, 0.3) is 0 Å². The monoisotopic (exact) mass is 193 g/mol. The SMILES string of the molecule is CCN1CCC2CCC(C1)N2CC#N. The van der Waals surface area contributed by atoms with Crippen molar-refractivity contribution in [3.8, 4) is 6.07 Å². The van der Waals surface area contributed by atoms with Gasteiger partial charge in [0.25, 0.3) is 0 Å². The number of hydrogen-bond acceptors (Lipinski definition) is 3. The molecule has 3 heteroatoms. The minimum absolute atomic E-state index is 0.632. The average molecular weight is 193 g/mol. The summed E-state index contributed by atoms with van der Waals surface area (Å²) in [5.74, 6) is 0. The molecule has 2 unspecified atom stereocenters. The Morgan fingerprint density at radius 2 is 2.07 bits per heavy atom. The van der Waals surface area contributed by atoms with Crippen LogP contribution >= 0.6 is 0 Å². The van der Waals surface area contributed by atoms with Gasteiger partial charge in [-0.15, -0.1) is 0 Å². The summed E-state index contributed by atoms with van der Waals surface area (Å²) >= 11 is 0. The van der Waals surface area contributed by atoms with Gasteiger partial charge in [0.15, 0.2) is 0 Å². The fraction of sp³-hybridized carbons (Fsp3) is 0.909. The molecule has 2 atom stereocenters. The predicted molar refractivity (Wildman–Crippen MR) is 55.9 cm³/mol. The number of nitrogens with zero attached hydrogens (tertiary/aromatic N) is 3. The van der Waals surface area contributed by atoms with E-state index < -0.39 is 0 Å². The maximum Gasteiger partial charge on any atom is 0.0871 e. The first kappa shape index (κ1) is 9.95. The van der Waals surface area contributed by atoms with Gasteiger partial charge in [-0.3, -0.25) is 4.90 Å². The number of hydrogen-bond donors (Lipinski definition) is 0. The molecule has 0 aromatic heterocycles. The van der Waals surface area contributed by atoms with Crippen LogP contribution in [0.4, 0.5) is 0 Å². The summed E-state index contributed by atoms with van der Waals surface area (Å²) < 4.78 is 0. The lowest BCUT2D eigenvalue weighted by Gasteiger charge is -2.25. The summed E-state index contributed by atoms with van der Waals surface area (Å²) in [6.45, 7) is 6.42. The van der Waals surface area contributed by atoms with Crippen LogP contribution in [0.5, 0.6) is 0 Å². The lowest BCUT2D eigenvalue weighted by molar-refractivity contribution is 0.207. The molecule has 2 fully saturated rings. The number of likely N-dealkylation sites (tertiary alicyclic amines) is 1. The zero-order valence-corrected chi connectivity index (χ0v) is 8.95. The number of likely N-dealkylation sites (N-methyl/N-ethyl adjacent to an activating group) is 1. The molecule has 14 heavy (non-hydrogen) atoms. The van der Waals surface area contributed by atoms with Crippen molar-refractivity contribution in [2.24, 2.45) is 0 Å². The minimum Gasteiger partial charge on any atom is -0.302 e. The predicted octanol–water partition coefficient (Wildman–Crippen LogP) is 1.07. The van der Waals surface area contributed by atoms with E-state index in [9.17, 15) is 0 Å². The molecule has 0 amide bonds. The van der Waals surface area contributed by atoms with Crippen molar-refractivity contribution in [2.75, 3.05) is 26.2 Å². The molecule has 2 aliphatic rings. The summed E-state index contributed by atoms with van der Waals surface area (Å²) in [6.07, 6.45) is 3.86. The number of nitriles is 1. The fourth-order valence-electron chi connectivity index (χ4n) is 2.87. The Kier molecular flexibility index (Phi) is 3.05. The molecule has 2 saturated heterocycles. The Morgan fingerprint density at radius 1 is 1.29 bits per heavy atom. The quantitative estimate of drug-likeness (QED) is 0.614. The van der Waals surface area contributed by atoms with Crippen molar-refractivity contribution in [1.29, 1.82) is 5.26 Å². The van der Waals surface area contributed by atoms with E-state index in [1.165, 1.54) is 32.4 Å². The molecule has 0 aromatic carbocycles. The smallest absolute Gasteiger partial charge is 0.0871 e. The van der Waals surface area contributed by atoms with Crippen molar-refractivity contribution in [2.45, 2.75) is 38.3 Å². The first-order valence-corrected chi connectivity index (χ1v) is 5.70. The highest BCUT2D eigenvalue weighted by molar-refractivity contribution is 4.96. The Morgan fingerprint density at radius 3 is 2.79 bits per heavy atom. The minimum atomic E-state index is 0.632. The Hall–Kier alpha value is -0.590. The summed E-state index contributed by atoms with van der Waals surface area (Å²) in [6, 6.07) is 3.65. The molecular weight excluding hydrogens is 174 g/mol. The molecule has 78 valence electrons. The molecule has 2 heterocycles. The van der Waals surface area contributed by atoms with Gasteiger partial charge in [0, 0.05) is 18.6 Å². The largest absolute Gasteiger partial charge is 0.302 e. The Balaban J connectivity index is 2.04. The topological polar surface area (TPSA) is 30.3 Å². The number of fused-ring (bicyclic) bond motifs is 2. The van der Waals surface area contributed by atoms with Gasteiger partial charge in [-0.1, -0.05) is 6.92 Å². The van der Waals surface area contributed by atoms with E-state index in [1.807, 2.05) is 0 Å². The summed E-state index contributed by atoms with van der Waals surface area (Å²) in [5, 5.41) is 8.79.